The van der Waals surface area contributed by atoms with Crippen molar-refractivity contribution in [3.63, 3.8) is 0 Å². The van der Waals surface area contributed by atoms with E-state index in [0.717, 1.165) is 95.5 Å². The second-order valence-corrected chi connectivity index (χ2v) is 17.5. The molecule has 0 spiro atoms. The average molecular weight is 825 g/mol. The van der Waals surface area contributed by atoms with Crippen molar-refractivity contribution >= 4 is 10.4 Å². The number of rotatable bonds is 28. The molecule has 0 atom stereocenters. The summed E-state index contributed by atoms with van der Waals surface area (Å²) >= 11 is 0. The van der Waals surface area contributed by atoms with Gasteiger partial charge in [-0.15, -0.1) is 0 Å². The molecule has 0 saturated heterocycles. The Morgan fingerprint density at radius 1 is 0.500 bits per heavy atom. The van der Waals surface area contributed by atoms with E-state index in [0.29, 0.717) is 12.0 Å². The Labute approximate surface area is 378 Å². The summed E-state index contributed by atoms with van der Waals surface area (Å²) in [7, 11) is -4.89. The molecule has 5 nitrogen and oxygen atoms in total. The molecule has 0 unspecified atom stereocenters. The number of phenols is 1. The number of benzene rings is 1. The zero-order chi connectivity index (χ0) is 42.6. The molecule has 0 aromatic heterocycles. The van der Waals surface area contributed by atoms with Gasteiger partial charge < -0.3 is 13.8 Å². The van der Waals surface area contributed by atoms with Gasteiger partial charge in [-0.2, -0.15) is 0 Å². The van der Waals surface area contributed by atoms with E-state index in [4.69, 9.17) is 0 Å². The standard InChI is InChI=1S/C51H78O5S.Na/c1-40(2)19-11-20-41(3)21-12-22-42(4)23-13-24-43(5)25-14-26-44(6)27-15-28-45(7)29-16-30-46(8)31-17-32-47(9)33-18-34-48(10)35-36-49-39-50(52)37-38-51(49)56-57(53,54)55;/h19,21,23,25,27,29,31,33,35,37-39,52H,11-18,20,22,24,26,28,30,32,34,36H2,1-10H3,(H,53,54,55);/q;+1/p-1/b41-21+,42-23+,43-25+,44-27+,45-29+,46-31+,47-33+,48-35+;. The normalized spacial score (nSPS) is 14.1. The van der Waals surface area contributed by atoms with Crippen LogP contribution < -0.4 is 33.7 Å². The van der Waals surface area contributed by atoms with Crippen molar-refractivity contribution in [1.82, 2.24) is 0 Å². The molecule has 58 heavy (non-hydrogen) atoms. The summed E-state index contributed by atoms with van der Waals surface area (Å²) in [6, 6.07) is 4.01. The molecule has 0 aliphatic heterocycles. The third-order valence-electron chi connectivity index (χ3n) is 10.2. The minimum absolute atomic E-state index is 0. The third-order valence-corrected chi connectivity index (χ3v) is 10.6. The number of allylic oxidation sites excluding steroid dienone is 18. The Bertz CT molecular complexity index is 1760. The second-order valence-electron chi connectivity index (χ2n) is 16.5. The third kappa shape index (κ3) is 31.3. The van der Waals surface area contributed by atoms with Crippen LogP contribution in [0, 0.1) is 0 Å². The van der Waals surface area contributed by atoms with Crippen molar-refractivity contribution in [3.8, 4) is 11.5 Å². The Morgan fingerprint density at radius 3 is 1.05 bits per heavy atom. The largest absolute Gasteiger partial charge is 1.00 e. The maximum absolute atomic E-state index is 11.0. The van der Waals surface area contributed by atoms with E-state index in [1.165, 1.54) is 75.6 Å². The second kappa shape index (κ2) is 32.2. The summed E-state index contributed by atoms with van der Waals surface area (Å²) in [6.07, 6.45) is 39.0. The summed E-state index contributed by atoms with van der Waals surface area (Å²) in [6.45, 7) is 22.2. The first-order chi connectivity index (χ1) is 26.9. The van der Waals surface area contributed by atoms with E-state index >= 15 is 0 Å². The van der Waals surface area contributed by atoms with Crippen LogP contribution in [-0.2, 0) is 16.8 Å². The van der Waals surface area contributed by atoms with Crippen molar-refractivity contribution in [2.24, 2.45) is 0 Å². The molecule has 318 valence electrons. The van der Waals surface area contributed by atoms with Gasteiger partial charge in [0.15, 0.2) is 0 Å². The van der Waals surface area contributed by atoms with Gasteiger partial charge in [0.05, 0.1) is 0 Å². The molecule has 1 aromatic rings. The van der Waals surface area contributed by atoms with E-state index in [9.17, 15) is 18.1 Å². The van der Waals surface area contributed by atoms with Gasteiger partial charge in [0.1, 0.15) is 11.5 Å². The van der Waals surface area contributed by atoms with Gasteiger partial charge in [0.2, 0.25) is 0 Å². The number of phenolic OH excluding ortho intramolecular Hbond substituents is 1. The number of hydrogen-bond donors (Lipinski definition) is 1. The van der Waals surface area contributed by atoms with E-state index in [1.54, 1.807) is 0 Å². The van der Waals surface area contributed by atoms with Gasteiger partial charge in [-0.3, -0.25) is 0 Å². The molecule has 0 amide bonds. The molecule has 1 N–H and O–H groups in total. The van der Waals surface area contributed by atoms with Crippen molar-refractivity contribution < 1.29 is 51.8 Å². The molecular formula is C51H77NaO5S. The first-order valence-corrected chi connectivity index (χ1v) is 22.6. The Balaban J connectivity index is 0.0000325. The quantitative estimate of drug-likeness (QED) is 0.0394. The van der Waals surface area contributed by atoms with Gasteiger partial charge >= 0.3 is 29.6 Å². The van der Waals surface area contributed by atoms with Crippen LogP contribution in [-0.4, -0.2) is 18.1 Å². The molecule has 7 heteroatoms. The van der Waals surface area contributed by atoms with E-state index in [1.807, 2.05) is 13.0 Å². The monoisotopic (exact) mass is 825 g/mol. The molecule has 0 radical (unpaired) electrons. The molecule has 0 aliphatic carbocycles. The smallest absolute Gasteiger partial charge is 0.716 e. The molecule has 1 rings (SSSR count). The maximum Gasteiger partial charge on any atom is 1.00 e. The van der Waals surface area contributed by atoms with Crippen molar-refractivity contribution in [2.75, 3.05) is 0 Å². The molecule has 0 bridgehead atoms. The fourth-order valence-electron chi connectivity index (χ4n) is 6.43. The predicted octanol–water partition coefficient (Wildman–Crippen LogP) is 12.6. The van der Waals surface area contributed by atoms with Crippen molar-refractivity contribution in [3.05, 3.63) is 129 Å². The predicted molar refractivity (Wildman–Crippen MR) is 245 cm³/mol. The van der Waals surface area contributed by atoms with Crippen LogP contribution in [0.4, 0.5) is 0 Å². The minimum atomic E-state index is -4.89. The van der Waals surface area contributed by atoms with E-state index in [-0.39, 0.29) is 41.1 Å². The molecule has 0 heterocycles. The summed E-state index contributed by atoms with van der Waals surface area (Å²) in [5.74, 6) is -0.0683. The Hall–Kier alpha value is -2.61. The summed E-state index contributed by atoms with van der Waals surface area (Å²) < 4.78 is 37.7. The van der Waals surface area contributed by atoms with Crippen LogP contribution in [0.15, 0.2) is 123 Å². The maximum atomic E-state index is 11.0. The first kappa shape index (κ1) is 55.4. The van der Waals surface area contributed by atoms with Gasteiger partial charge in [0.25, 0.3) is 10.4 Å². The fourth-order valence-corrected chi connectivity index (χ4v) is 6.81. The van der Waals surface area contributed by atoms with Crippen LogP contribution in [0.2, 0.25) is 0 Å². The zero-order valence-corrected chi connectivity index (χ0v) is 41.3. The van der Waals surface area contributed by atoms with Crippen LogP contribution in [0.3, 0.4) is 0 Å². The Morgan fingerprint density at radius 2 is 0.776 bits per heavy atom. The number of aromatic hydroxyl groups is 1. The summed E-state index contributed by atoms with van der Waals surface area (Å²) in [5, 5.41) is 9.78. The van der Waals surface area contributed by atoms with Gasteiger partial charge in [-0.25, -0.2) is 8.42 Å². The summed E-state index contributed by atoms with van der Waals surface area (Å²) in [5.41, 5.74) is 13.3. The Kier molecular flexibility index (Phi) is 30.8. The molecule has 0 aliphatic rings. The van der Waals surface area contributed by atoms with Crippen molar-refractivity contribution in [1.29, 1.82) is 0 Å². The zero-order valence-electron chi connectivity index (χ0n) is 38.4. The summed E-state index contributed by atoms with van der Waals surface area (Å²) in [4.78, 5) is 0. The number of hydrogen-bond acceptors (Lipinski definition) is 5. The van der Waals surface area contributed by atoms with Crippen LogP contribution >= 0.6 is 0 Å². The van der Waals surface area contributed by atoms with Gasteiger partial charge in [0, 0.05) is 5.56 Å². The molecule has 0 saturated carbocycles. The molecule has 0 fully saturated rings. The fraction of sp³-hybridized carbons (Fsp3) is 0.529. The SMILES string of the molecule is CC(C)=CCC/C(C)=C/CC/C(C)=C/CC/C(C)=C/CC/C(C)=C/CC/C(C)=C/CC/C(C)=C/CC/C(C)=C/CC/C(C)=C/Cc1cc(O)ccc1OS(=O)(=O)[O-].[Na+]. The molecule has 1 aromatic carbocycles. The van der Waals surface area contributed by atoms with Crippen molar-refractivity contribution in [2.45, 2.75) is 178 Å². The average Bonchev–Trinajstić information content (AvgIpc) is 3.11. The minimum Gasteiger partial charge on any atom is -0.716 e. The van der Waals surface area contributed by atoms with Crippen LogP contribution in [0.25, 0.3) is 0 Å². The van der Waals surface area contributed by atoms with Crippen LogP contribution in [0.1, 0.15) is 178 Å². The van der Waals surface area contributed by atoms with Gasteiger partial charge in [-0.05, 0) is 197 Å². The topological polar surface area (TPSA) is 86.7 Å². The van der Waals surface area contributed by atoms with Gasteiger partial charge in [-0.1, -0.05) is 105 Å². The molecular weight excluding hydrogens is 748 g/mol. The van der Waals surface area contributed by atoms with Crippen LogP contribution in [0.5, 0.6) is 11.5 Å². The van der Waals surface area contributed by atoms with E-state index in [2.05, 4.69) is 115 Å². The van der Waals surface area contributed by atoms with E-state index < -0.39 is 10.4 Å². The first-order valence-electron chi connectivity index (χ1n) is 21.3.